The smallest absolute Gasteiger partial charge is 0.412 e. The third kappa shape index (κ3) is 9.74. The molecule has 1 aliphatic heterocycles. The topological polar surface area (TPSA) is 182 Å². The van der Waals surface area contributed by atoms with Crippen LogP contribution in [0, 0.1) is 27.9 Å². The average molecular weight is 789 g/mol. The van der Waals surface area contributed by atoms with Gasteiger partial charge in [0.25, 0.3) is 5.69 Å². The van der Waals surface area contributed by atoms with Crippen LogP contribution in [0.3, 0.4) is 0 Å². The third-order valence-electron chi connectivity index (χ3n) is 11.0. The molecule has 2 aliphatic carbocycles. The molecular formula is C43H56N4O10. The second kappa shape index (κ2) is 20.4. The van der Waals surface area contributed by atoms with Crippen molar-refractivity contribution >= 4 is 29.5 Å². The standard InChI is InChI=1S/C43H56N4O10/c1-5-22-46(39(50)21-16-29-14-17-31(18-15-29)47(52)53)38-28-36(45-54-4)34-26-30(12-8-10-23-48)33(13-9-11-24-49)40-35-27-32(56-42(51)44-7-3)19-20-37(35)57-43(38,41(34)40)55-25-6-2/h6,14-21,26-27,30,33,38,40-41,48-49H,2,5,7-13,22-25,28H2,1,3-4H3,(H,44,51)/t30-,33+,38-,40+,41+,43+/m0/s1. The molecule has 0 spiro atoms. The fraction of sp³-hybridized carbons (Fsp3) is 0.512. The Kier molecular flexibility index (Phi) is 15.4. The molecule has 0 radical (unpaired) electrons. The zero-order valence-electron chi connectivity index (χ0n) is 33.1. The molecule has 14 nitrogen and oxygen atoms in total. The molecule has 2 amide bonds. The summed E-state index contributed by atoms with van der Waals surface area (Å²) in [6.45, 7) is 8.76. The van der Waals surface area contributed by atoms with E-state index in [2.05, 4.69) is 23.1 Å². The van der Waals surface area contributed by atoms with Crippen molar-refractivity contribution in [2.24, 2.45) is 22.9 Å². The highest BCUT2D eigenvalue weighted by Crippen LogP contribution is 2.62. The molecule has 57 heavy (non-hydrogen) atoms. The number of hydrogen-bond donors (Lipinski definition) is 3. The number of carbonyl (C=O) groups excluding carboxylic acids is 2. The summed E-state index contributed by atoms with van der Waals surface area (Å²) in [6, 6.07) is 10.6. The van der Waals surface area contributed by atoms with Gasteiger partial charge in [0.1, 0.15) is 24.7 Å². The predicted molar refractivity (Wildman–Crippen MR) is 216 cm³/mol. The normalized spacial score (nSPS) is 24.1. The number of allylic oxidation sites excluding steroid dienone is 1. The lowest BCUT2D eigenvalue weighted by molar-refractivity contribution is -0.384. The summed E-state index contributed by atoms with van der Waals surface area (Å²) < 4.78 is 19.8. The lowest BCUT2D eigenvalue weighted by Gasteiger charge is -2.60. The van der Waals surface area contributed by atoms with E-state index in [1.165, 1.54) is 25.3 Å². The summed E-state index contributed by atoms with van der Waals surface area (Å²) in [4.78, 5) is 45.1. The van der Waals surface area contributed by atoms with E-state index < -0.39 is 28.8 Å². The van der Waals surface area contributed by atoms with Gasteiger partial charge in [-0.3, -0.25) is 14.9 Å². The minimum absolute atomic E-state index is 0.00188. The van der Waals surface area contributed by atoms with E-state index in [-0.39, 0.29) is 55.6 Å². The Hall–Kier alpha value is -5.05. The summed E-state index contributed by atoms with van der Waals surface area (Å²) in [5.74, 6) is -1.62. The molecule has 6 atom stereocenters. The summed E-state index contributed by atoms with van der Waals surface area (Å²) >= 11 is 0. The van der Waals surface area contributed by atoms with Crippen LogP contribution in [-0.2, 0) is 14.4 Å². The lowest BCUT2D eigenvalue weighted by atomic mass is 9.55. The van der Waals surface area contributed by atoms with Gasteiger partial charge < -0.3 is 39.5 Å². The molecule has 2 aromatic carbocycles. The van der Waals surface area contributed by atoms with Gasteiger partial charge >= 0.3 is 6.09 Å². The molecule has 1 heterocycles. The number of fused-ring (bicyclic) bond motifs is 2. The monoisotopic (exact) mass is 788 g/mol. The van der Waals surface area contributed by atoms with Gasteiger partial charge in [0.2, 0.25) is 11.7 Å². The van der Waals surface area contributed by atoms with Crippen molar-refractivity contribution in [2.75, 3.05) is 40.0 Å². The summed E-state index contributed by atoms with van der Waals surface area (Å²) in [7, 11) is 1.49. The minimum atomic E-state index is -1.44. The summed E-state index contributed by atoms with van der Waals surface area (Å²) in [6.07, 6.45) is 11.7. The van der Waals surface area contributed by atoms with E-state index in [0.29, 0.717) is 55.1 Å². The number of nitrogens with one attached hydrogen (secondary N) is 1. The number of aliphatic hydroxyl groups excluding tert-OH is 2. The van der Waals surface area contributed by atoms with Crippen molar-refractivity contribution in [3.8, 4) is 11.5 Å². The van der Waals surface area contributed by atoms with Crippen LogP contribution in [0.1, 0.15) is 82.3 Å². The number of ether oxygens (including phenoxy) is 3. The predicted octanol–water partition coefficient (Wildman–Crippen LogP) is 6.92. The first-order valence-electron chi connectivity index (χ1n) is 20.0. The van der Waals surface area contributed by atoms with Crippen molar-refractivity contribution in [3.63, 3.8) is 0 Å². The first-order valence-corrected chi connectivity index (χ1v) is 20.0. The van der Waals surface area contributed by atoms with Crippen molar-refractivity contribution in [1.29, 1.82) is 0 Å². The van der Waals surface area contributed by atoms with E-state index in [9.17, 15) is 29.9 Å². The largest absolute Gasteiger partial charge is 0.459 e. The van der Waals surface area contributed by atoms with E-state index in [1.54, 1.807) is 41.3 Å². The van der Waals surface area contributed by atoms with Gasteiger partial charge in [0.05, 0.1) is 23.2 Å². The number of oxime groups is 1. The molecule has 0 aromatic heterocycles. The van der Waals surface area contributed by atoms with Crippen LogP contribution in [0.25, 0.3) is 6.08 Å². The van der Waals surface area contributed by atoms with Gasteiger partial charge in [0, 0.05) is 62.4 Å². The van der Waals surface area contributed by atoms with E-state index in [4.69, 9.17) is 19.0 Å². The van der Waals surface area contributed by atoms with Crippen LogP contribution < -0.4 is 14.8 Å². The molecule has 308 valence electrons. The number of carbonyl (C=O) groups is 2. The molecule has 3 aliphatic rings. The van der Waals surface area contributed by atoms with Gasteiger partial charge in [0.15, 0.2) is 0 Å². The fourth-order valence-corrected chi connectivity index (χ4v) is 8.74. The molecule has 0 bridgehead atoms. The molecule has 1 fully saturated rings. The molecule has 5 rings (SSSR count). The lowest BCUT2D eigenvalue weighted by Crippen LogP contribution is -2.70. The molecule has 2 aromatic rings. The van der Waals surface area contributed by atoms with Gasteiger partial charge in [-0.25, -0.2) is 4.79 Å². The van der Waals surface area contributed by atoms with E-state index in [0.717, 1.165) is 36.8 Å². The minimum Gasteiger partial charge on any atom is -0.459 e. The van der Waals surface area contributed by atoms with Gasteiger partial charge in [-0.2, -0.15) is 0 Å². The number of unbranched alkanes of at least 4 members (excludes halogenated alkanes) is 2. The number of benzene rings is 2. The van der Waals surface area contributed by atoms with Crippen LogP contribution in [0.15, 0.2) is 78.0 Å². The molecule has 0 saturated heterocycles. The van der Waals surface area contributed by atoms with Crippen molar-refractivity contribution in [2.45, 2.75) is 83.0 Å². The third-order valence-corrected chi connectivity index (χ3v) is 11.0. The quantitative estimate of drug-likeness (QED) is 0.0419. The van der Waals surface area contributed by atoms with Gasteiger partial charge in [-0.15, -0.1) is 6.58 Å². The maximum absolute atomic E-state index is 14.5. The molecular weight excluding hydrogens is 732 g/mol. The highest BCUT2D eigenvalue weighted by molar-refractivity contribution is 6.03. The molecule has 14 heteroatoms. The van der Waals surface area contributed by atoms with Crippen molar-refractivity contribution in [1.82, 2.24) is 10.2 Å². The maximum atomic E-state index is 14.5. The van der Waals surface area contributed by atoms with Crippen LogP contribution in [0.2, 0.25) is 0 Å². The molecule has 3 N–H and O–H groups in total. The maximum Gasteiger partial charge on any atom is 0.412 e. The molecule has 1 saturated carbocycles. The SMILES string of the molecule is C=CCO[C@@]12Oc3ccc(OC(=O)NCC)cc3[C@H]3[C@H](CCCCO)[C@@H](CCCCO)C=C(C(=NOC)C[C@@H]1N(CCC)C(=O)C=Cc1ccc([N+](=O)[O-])cc1)[C@H]32. The second-order valence-corrected chi connectivity index (χ2v) is 14.6. The zero-order valence-corrected chi connectivity index (χ0v) is 33.1. The first kappa shape index (κ1) is 43.1. The number of rotatable bonds is 20. The number of amides is 2. The van der Waals surface area contributed by atoms with Crippen molar-refractivity contribution < 1.29 is 43.8 Å². The van der Waals surface area contributed by atoms with Crippen LogP contribution in [0.4, 0.5) is 10.5 Å². The Bertz CT molecular complexity index is 1810. The number of hydrogen-bond acceptors (Lipinski definition) is 11. The molecule has 0 unspecified atom stereocenters. The number of nitro benzene ring substituents is 1. The number of non-ortho nitro benzene ring substituents is 1. The summed E-state index contributed by atoms with van der Waals surface area (Å²) in [5, 5.41) is 38.1. The fourth-order valence-electron chi connectivity index (χ4n) is 8.74. The highest BCUT2D eigenvalue weighted by Gasteiger charge is 2.65. The Morgan fingerprint density at radius 3 is 2.49 bits per heavy atom. The van der Waals surface area contributed by atoms with Crippen molar-refractivity contribution in [3.05, 3.63) is 94.1 Å². The Morgan fingerprint density at radius 1 is 1.11 bits per heavy atom. The highest BCUT2D eigenvalue weighted by atomic mass is 16.7. The number of nitro groups is 1. The number of nitrogens with zero attached hydrogens (tertiary/aromatic N) is 3. The zero-order chi connectivity index (χ0) is 41.0. The van der Waals surface area contributed by atoms with Crippen LogP contribution >= 0.6 is 0 Å². The Labute approximate surface area is 334 Å². The average Bonchev–Trinajstić information content (AvgIpc) is 3.20. The Balaban J connectivity index is 1.72. The Morgan fingerprint density at radius 2 is 1.84 bits per heavy atom. The first-order chi connectivity index (χ1) is 27.7. The second-order valence-electron chi connectivity index (χ2n) is 14.6. The van der Waals surface area contributed by atoms with Gasteiger partial charge in [-0.1, -0.05) is 37.1 Å². The number of aliphatic hydroxyl groups is 2. The van der Waals surface area contributed by atoms with E-state index in [1.807, 2.05) is 19.9 Å². The van der Waals surface area contributed by atoms with E-state index >= 15 is 0 Å². The van der Waals surface area contributed by atoms with Gasteiger partial charge in [-0.05, 0) is 98.4 Å². The van der Waals surface area contributed by atoms with Crippen LogP contribution in [0.5, 0.6) is 11.5 Å². The summed E-state index contributed by atoms with van der Waals surface area (Å²) in [5.41, 5.74) is 2.95. The van der Waals surface area contributed by atoms with Crippen LogP contribution in [-0.4, -0.2) is 89.6 Å².